The van der Waals surface area contributed by atoms with E-state index in [1.807, 2.05) is 44.2 Å². The Kier molecular flexibility index (Phi) is 3.61. The van der Waals surface area contributed by atoms with Gasteiger partial charge in [0.25, 0.3) is 0 Å². The zero-order valence-electron chi connectivity index (χ0n) is 12.4. The maximum Gasteiger partial charge on any atom is 0.250 e. The van der Waals surface area contributed by atoms with Crippen LogP contribution in [0.3, 0.4) is 0 Å². The molecule has 2 amide bonds. The SMILES string of the molecule is CC1(C)S[C@H]2C(NC(=O)Cc3ccccc3)C(=O)N2C1C#N. The molecule has 6 heteroatoms. The van der Waals surface area contributed by atoms with Gasteiger partial charge in [0.15, 0.2) is 0 Å². The second-order valence-corrected chi connectivity index (χ2v) is 7.87. The van der Waals surface area contributed by atoms with Crippen molar-refractivity contribution < 1.29 is 9.59 Å². The first-order chi connectivity index (χ1) is 10.4. The monoisotopic (exact) mass is 315 g/mol. The van der Waals surface area contributed by atoms with E-state index >= 15 is 0 Å². The molecule has 0 radical (unpaired) electrons. The average Bonchev–Trinajstić information content (AvgIpc) is 2.73. The molecular weight excluding hydrogens is 298 g/mol. The Bertz CT molecular complexity index is 653. The van der Waals surface area contributed by atoms with Crippen molar-refractivity contribution in [3.05, 3.63) is 35.9 Å². The Labute approximate surface area is 133 Å². The number of carbonyl (C=O) groups is 2. The summed E-state index contributed by atoms with van der Waals surface area (Å²) in [4.78, 5) is 25.9. The summed E-state index contributed by atoms with van der Waals surface area (Å²) in [5.74, 6) is -0.320. The highest BCUT2D eigenvalue weighted by Crippen LogP contribution is 2.50. The first-order valence-electron chi connectivity index (χ1n) is 7.17. The second-order valence-electron chi connectivity index (χ2n) is 6.10. The number of nitrogens with zero attached hydrogens (tertiary/aromatic N) is 2. The van der Waals surface area contributed by atoms with Crippen molar-refractivity contribution in [2.75, 3.05) is 0 Å². The van der Waals surface area contributed by atoms with Crippen molar-refractivity contribution in [3.63, 3.8) is 0 Å². The molecule has 1 aromatic rings. The Morgan fingerprint density at radius 3 is 2.73 bits per heavy atom. The molecule has 1 aromatic carbocycles. The molecule has 1 N–H and O–H groups in total. The number of amides is 2. The van der Waals surface area contributed by atoms with E-state index < -0.39 is 12.1 Å². The minimum atomic E-state index is -0.515. The van der Waals surface area contributed by atoms with E-state index in [1.165, 1.54) is 0 Å². The van der Waals surface area contributed by atoms with Crippen LogP contribution in [-0.4, -0.2) is 38.9 Å². The fourth-order valence-corrected chi connectivity index (χ4v) is 4.53. The quantitative estimate of drug-likeness (QED) is 0.853. The summed E-state index contributed by atoms with van der Waals surface area (Å²) in [5.41, 5.74) is 0.915. The average molecular weight is 315 g/mol. The number of carbonyl (C=O) groups excluding carboxylic acids is 2. The molecule has 22 heavy (non-hydrogen) atoms. The Balaban J connectivity index is 1.65. The van der Waals surface area contributed by atoms with Crippen molar-refractivity contribution in [3.8, 4) is 6.07 Å². The van der Waals surface area contributed by atoms with Crippen LogP contribution in [-0.2, 0) is 16.0 Å². The number of β-lactam (4-membered cyclic amide) rings is 1. The molecule has 2 aliphatic rings. The molecule has 2 heterocycles. The molecule has 0 spiro atoms. The van der Waals surface area contributed by atoms with Gasteiger partial charge in [-0.3, -0.25) is 9.59 Å². The molecule has 0 saturated carbocycles. The first kappa shape index (κ1) is 14.9. The van der Waals surface area contributed by atoms with E-state index in [0.717, 1.165) is 5.56 Å². The van der Waals surface area contributed by atoms with Crippen LogP contribution >= 0.6 is 11.8 Å². The summed E-state index contributed by atoms with van der Waals surface area (Å²) in [6.07, 6.45) is 0.257. The van der Waals surface area contributed by atoms with Crippen molar-refractivity contribution in [2.24, 2.45) is 0 Å². The highest BCUT2D eigenvalue weighted by molar-refractivity contribution is 8.01. The highest BCUT2D eigenvalue weighted by atomic mass is 32.2. The van der Waals surface area contributed by atoms with Crippen LogP contribution in [0, 0.1) is 11.3 Å². The van der Waals surface area contributed by atoms with Gasteiger partial charge in [-0.1, -0.05) is 30.3 Å². The van der Waals surface area contributed by atoms with Crippen molar-refractivity contribution in [2.45, 2.75) is 42.5 Å². The van der Waals surface area contributed by atoms with E-state index in [9.17, 15) is 14.9 Å². The zero-order chi connectivity index (χ0) is 15.9. The summed E-state index contributed by atoms with van der Waals surface area (Å²) >= 11 is 1.58. The van der Waals surface area contributed by atoms with E-state index in [-0.39, 0.29) is 28.4 Å². The topological polar surface area (TPSA) is 73.2 Å². The van der Waals surface area contributed by atoms with Crippen molar-refractivity contribution in [1.82, 2.24) is 10.2 Å². The van der Waals surface area contributed by atoms with Gasteiger partial charge < -0.3 is 10.2 Å². The van der Waals surface area contributed by atoms with Gasteiger partial charge in [-0.25, -0.2) is 0 Å². The number of rotatable bonds is 3. The van der Waals surface area contributed by atoms with Gasteiger partial charge in [0.05, 0.1) is 12.5 Å². The standard InChI is InChI=1S/C16H17N3O2S/c1-16(2)11(9-17)19-14(21)13(15(19)22-16)18-12(20)8-10-6-4-3-5-7-10/h3-7,11,13,15H,8H2,1-2H3,(H,18,20)/t11?,13?,15-/m0/s1. The third-order valence-corrected chi connectivity index (χ3v) is 5.66. The predicted octanol–water partition coefficient (Wildman–Crippen LogP) is 1.30. The third kappa shape index (κ3) is 2.35. The Morgan fingerprint density at radius 1 is 1.41 bits per heavy atom. The fraction of sp³-hybridized carbons (Fsp3) is 0.438. The van der Waals surface area contributed by atoms with Gasteiger partial charge >= 0.3 is 0 Å². The lowest BCUT2D eigenvalue weighted by Gasteiger charge is -2.43. The molecule has 2 aliphatic heterocycles. The Morgan fingerprint density at radius 2 is 2.09 bits per heavy atom. The van der Waals surface area contributed by atoms with Crippen LogP contribution in [0.5, 0.6) is 0 Å². The maximum absolute atomic E-state index is 12.2. The number of nitriles is 1. The van der Waals surface area contributed by atoms with Crippen LogP contribution in [0.2, 0.25) is 0 Å². The molecule has 0 bridgehead atoms. The smallest absolute Gasteiger partial charge is 0.250 e. The van der Waals surface area contributed by atoms with Gasteiger partial charge in [-0.15, -0.1) is 11.8 Å². The van der Waals surface area contributed by atoms with Gasteiger partial charge in [0, 0.05) is 4.75 Å². The first-order valence-corrected chi connectivity index (χ1v) is 8.05. The van der Waals surface area contributed by atoms with E-state index in [4.69, 9.17) is 0 Å². The van der Waals surface area contributed by atoms with Crippen LogP contribution < -0.4 is 5.32 Å². The van der Waals surface area contributed by atoms with Gasteiger partial charge in [0.2, 0.25) is 11.8 Å². The van der Waals surface area contributed by atoms with Gasteiger partial charge in [-0.05, 0) is 19.4 Å². The molecule has 2 fully saturated rings. The lowest BCUT2D eigenvalue weighted by molar-refractivity contribution is -0.149. The summed E-state index contributed by atoms with van der Waals surface area (Å²) < 4.78 is -0.312. The second kappa shape index (κ2) is 5.33. The molecule has 114 valence electrons. The number of thioether (sulfide) groups is 1. The van der Waals surface area contributed by atoms with Crippen LogP contribution in [0.25, 0.3) is 0 Å². The van der Waals surface area contributed by atoms with Gasteiger partial charge in [-0.2, -0.15) is 5.26 Å². The molecule has 2 unspecified atom stereocenters. The molecule has 3 atom stereocenters. The van der Waals surface area contributed by atoms with Crippen molar-refractivity contribution >= 4 is 23.6 Å². The summed E-state index contributed by atoms with van der Waals surface area (Å²) in [7, 11) is 0. The molecule has 0 aliphatic carbocycles. The molecule has 3 rings (SSSR count). The molecule has 2 saturated heterocycles. The normalized spacial score (nSPS) is 28.5. The number of nitrogens with one attached hydrogen (secondary N) is 1. The van der Waals surface area contributed by atoms with Crippen molar-refractivity contribution in [1.29, 1.82) is 5.26 Å². The van der Waals surface area contributed by atoms with E-state index in [1.54, 1.807) is 16.7 Å². The molecule has 5 nitrogen and oxygen atoms in total. The zero-order valence-corrected chi connectivity index (χ0v) is 13.3. The number of hydrogen-bond donors (Lipinski definition) is 1. The molecule has 0 aromatic heterocycles. The Hall–Kier alpha value is -2.00. The number of hydrogen-bond acceptors (Lipinski definition) is 4. The maximum atomic E-state index is 12.2. The third-order valence-electron chi connectivity index (χ3n) is 4.09. The minimum absolute atomic E-state index is 0.133. The highest BCUT2D eigenvalue weighted by Gasteiger charge is 2.62. The number of benzene rings is 1. The summed E-state index contributed by atoms with van der Waals surface area (Å²) in [6.45, 7) is 3.92. The van der Waals surface area contributed by atoms with Crippen LogP contribution in [0.1, 0.15) is 19.4 Å². The van der Waals surface area contributed by atoms with E-state index in [0.29, 0.717) is 0 Å². The fourth-order valence-electron chi connectivity index (χ4n) is 2.95. The van der Waals surface area contributed by atoms with Gasteiger partial charge in [0.1, 0.15) is 17.5 Å². The summed E-state index contributed by atoms with van der Waals surface area (Å²) in [6, 6.07) is 10.7. The minimum Gasteiger partial charge on any atom is -0.341 e. The largest absolute Gasteiger partial charge is 0.341 e. The van der Waals surface area contributed by atoms with Crippen LogP contribution in [0.15, 0.2) is 30.3 Å². The molecular formula is C16H17N3O2S. The summed E-state index contributed by atoms with van der Waals surface area (Å²) in [5, 5.41) is 11.9. The lowest BCUT2D eigenvalue weighted by atomic mass is 9.97. The lowest BCUT2D eigenvalue weighted by Crippen LogP contribution is -2.69. The van der Waals surface area contributed by atoms with Crippen LogP contribution in [0.4, 0.5) is 0 Å². The predicted molar refractivity (Wildman–Crippen MR) is 83.8 cm³/mol. The van der Waals surface area contributed by atoms with E-state index in [2.05, 4.69) is 11.4 Å². The number of fused-ring (bicyclic) bond motifs is 1.